The van der Waals surface area contributed by atoms with Crippen LogP contribution in [0, 0.1) is 28.4 Å². The molecule has 2 heterocycles. The number of carbonyl (C=O) groups excluding carboxylic acids is 1. The van der Waals surface area contributed by atoms with E-state index in [1.165, 1.54) is 26.5 Å². The summed E-state index contributed by atoms with van der Waals surface area (Å²) in [6.07, 6.45) is 3.48. The van der Waals surface area contributed by atoms with Gasteiger partial charge in [0.15, 0.2) is 0 Å². The van der Waals surface area contributed by atoms with E-state index in [1.807, 2.05) is 4.57 Å². The summed E-state index contributed by atoms with van der Waals surface area (Å²) in [6.45, 7) is 0.530. The number of methoxy groups -OCH3 is 2. The van der Waals surface area contributed by atoms with Crippen molar-refractivity contribution in [2.45, 2.75) is 38.8 Å². The Labute approximate surface area is 268 Å². The highest BCUT2D eigenvalue weighted by atomic mass is 35.5. The molecule has 0 radical (unpaired) electrons. The van der Waals surface area contributed by atoms with Gasteiger partial charge < -0.3 is 18.8 Å². The maximum atomic E-state index is 15.7. The SMILES string of the molecule is COC(=O)c1ccc2nc(Cc3cc(F)c(-c4ccnc(OCc5ccc(Cl)cc5OC)n4)cc3F)n(CC3(CC#N)CC3)c2c1. The lowest BCUT2D eigenvalue weighted by Gasteiger charge is -2.16. The first-order chi connectivity index (χ1) is 22.2. The molecule has 0 bridgehead atoms. The Kier molecular flexibility index (Phi) is 8.56. The van der Waals surface area contributed by atoms with Gasteiger partial charge in [-0.15, -0.1) is 0 Å². The number of esters is 1. The third-order valence-electron chi connectivity index (χ3n) is 8.15. The number of rotatable bonds is 11. The summed E-state index contributed by atoms with van der Waals surface area (Å²) in [5.41, 5.74) is 2.26. The Bertz CT molecular complexity index is 2000. The standard InChI is InChI=1S/C34H28ClF2N5O4/c1-44-30-16-23(35)5-3-21(30)18-46-33-39-12-7-27(41-33)24-17-25(36)22(13-26(24)37)15-31-40-28-6-4-20(32(43)45-2)14-29(28)42(31)19-34(8-9-34)10-11-38/h3-7,12-14,16-17H,8-10,15,18-19H2,1-2H3. The zero-order chi connectivity index (χ0) is 32.4. The summed E-state index contributed by atoms with van der Waals surface area (Å²) in [7, 11) is 2.82. The van der Waals surface area contributed by atoms with E-state index in [4.69, 9.17) is 30.8 Å². The Morgan fingerprint density at radius 3 is 2.61 bits per heavy atom. The molecule has 0 N–H and O–H groups in total. The Morgan fingerprint density at radius 2 is 1.87 bits per heavy atom. The predicted octanol–water partition coefficient (Wildman–Crippen LogP) is 7.08. The summed E-state index contributed by atoms with van der Waals surface area (Å²) >= 11 is 6.03. The molecule has 0 unspecified atom stereocenters. The topological polar surface area (TPSA) is 112 Å². The number of hydrogen-bond donors (Lipinski definition) is 0. The van der Waals surface area contributed by atoms with Crippen LogP contribution >= 0.6 is 11.6 Å². The highest BCUT2D eigenvalue weighted by Crippen LogP contribution is 2.50. The molecule has 2 aromatic heterocycles. The second kappa shape index (κ2) is 12.7. The van der Waals surface area contributed by atoms with Gasteiger partial charge in [-0.2, -0.15) is 10.2 Å². The molecule has 0 atom stereocenters. The van der Waals surface area contributed by atoms with Crippen molar-refractivity contribution in [2.75, 3.05) is 14.2 Å². The van der Waals surface area contributed by atoms with Crippen LogP contribution in [0.1, 0.15) is 46.6 Å². The van der Waals surface area contributed by atoms with Crippen LogP contribution < -0.4 is 9.47 Å². The van der Waals surface area contributed by atoms with Crippen LogP contribution in [0.5, 0.6) is 11.8 Å². The van der Waals surface area contributed by atoms with Crippen molar-refractivity contribution in [3.8, 4) is 29.1 Å². The van der Waals surface area contributed by atoms with Crippen LogP contribution in [0.25, 0.3) is 22.3 Å². The van der Waals surface area contributed by atoms with Crippen molar-refractivity contribution in [3.63, 3.8) is 0 Å². The van der Waals surface area contributed by atoms with E-state index >= 15 is 8.78 Å². The molecule has 1 aliphatic carbocycles. The summed E-state index contributed by atoms with van der Waals surface area (Å²) in [5.74, 6) is -0.805. The largest absolute Gasteiger partial charge is 0.496 e. The van der Waals surface area contributed by atoms with Crippen LogP contribution in [-0.4, -0.2) is 39.7 Å². The first kappa shape index (κ1) is 30.9. The second-order valence-electron chi connectivity index (χ2n) is 11.2. The fourth-order valence-electron chi connectivity index (χ4n) is 5.43. The molecule has 9 nitrogen and oxygen atoms in total. The van der Waals surface area contributed by atoms with Gasteiger partial charge in [-0.05, 0) is 66.9 Å². The summed E-state index contributed by atoms with van der Waals surface area (Å²) in [5, 5.41) is 9.91. The van der Waals surface area contributed by atoms with Gasteiger partial charge in [0.25, 0.3) is 0 Å². The zero-order valence-corrected chi connectivity index (χ0v) is 25.8. The highest BCUT2D eigenvalue weighted by Gasteiger charge is 2.43. The summed E-state index contributed by atoms with van der Waals surface area (Å²) in [4.78, 5) is 25.4. The summed E-state index contributed by atoms with van der Waals surface area (Å²) < 4.78 is 49.1. The Morgan fingerprint density at radius 1 is 1.04 bits per heavy atom. The third-order valence-corrected chi connectivity index (χ3v) is 8.39. The van der Waals surface area contributed by atoms with Crippen molar-refractivity contribution in [1.82, 2.24) is 19.5 Å². The number of carbonyl (C=O) groups is 1. The van der Waals surface area contributed by atoms with Crippen molar-refractivity contribution >= 4 is 28.6 Å². The van der Waals surface area contributed by atoms with Crippen LogP contribution in [0.4, 0.5) is 8.78 Å². The number of ether oxygens (including phenoxy) is 3. The lowest BCUT2D eigenvalue weighted by atomic mass is 10.0. The van der Waals surface area contributed by atoms with Gasteiger partial charge in [-0.3, -0.25) is 0 Å². The smallest absolute Gasteiger partial charge is 0.337 e. The Balaban J connectivity index is 1.28. The van der Waals surface area contributed by atoms with Gasteiger partial charge in [-0.25, -0.2) is 23.5 Å². The van der Waals surface area contributed by atoms with Crippen LogP contribution in [0.2, 0.25) is 5.02 Å². The van der Waals surface area contributed by atoms with Crippen molar-refractivity contribution in [2.24, 2.45) is 5.41 Å². The van der Waals surface area contributed by atoms with Gasteiger partial charge >= 0.3 is 12.0 Å². The molecule has 1 saturated carbocycles. The quantitative estimate of drug-likeness (QED) is 0.140. The molecule has 1 fully saturated rings. The van der Waals surface area contributed by atoms with E-state index in [0.29, 0.717) is 51.7 Å². The average molecular weight is 644 g/mol. The van der Waals surface area contributed by atoms with Gasteiger partial charge in [0.1, 0.15) is 29.8 Å². The van der Waals surface area contributed by atoms with Crippen molar-refractivity contribution in [3.05, 3.63) is 100.0 Å². The van der Waals surface area contributed by atoms with Crippen LogP contribution in [-0.2, 0) is 24.3 Å². The average Bonchev–Trinajstić information content (AvgIpc) is 3.74. The molecule has 234 valence electrons. The first-order valence-electron chi connectivity index (χ1n) is 14.4. The second-order valence-corrected chi connectivity index (χ2v) is 11.7. The predicted molar refractivity (Wildman–Crippen MR) is 165 cm³/mol. The normalized spacial score (nSPS) is 13.3. The lowest BCUT2D eigenvalue weighted by Crippen LogP contribution is -2.15. The van der Waals surface area contributed by atoms with E-state index in [9.17, 15) is 10.1 Å². The molecule has 0 spiro atoms. The third kappa shape index (κ3) is 6.34. The molecule has 0 aliphatic heterocycles. The maximum Gasteiger partial charge on any atom is 0.337 e. The molecular formula is C34H28ClF2N5O4. The summed E-state index contributed by atoms with van der Waals surface area (Å²) in [6, 6.07) is 16.0. The van der Waals surface area contributed by atoms with Gasteiger partial charge in [0.2, 0.25) is 0 Å². The molecule has 0 saturated heterocycles. The molecule has 46 heavy (non-hydrogen) atoms. The number of halogens is 3. The van der Waals surface area contributed by atoms with E-state index < -0.39 is 17.6 Å². The Hall–Kier alpha value is -5.08. The lowest BCUT2D eigenvalue weighted by molar-refractivity contribution is 0.0601. The van der Waals surface area contributed by atoms with Crippen LogP contribution in [0.15, 0.2) is 60.8 Å². The number of benzene rings is 3. The number of fused-ring (bicyclic) bond motifs is 1. The van der Waals surface area contributed by atoms with Gasteiger partial charge in [0.05, 0.1) is 42.6 Å². The van der Waals surface area contributed by atoms with Gasteiger partial charge in [0, 0.05) is 47.1 Å². The monoisotopic (exact) mass is 643 g/mol. The van der Waals surface area contributed by atoms with E-state index in [-0.39, 0.29) is 41.3 Å². The van der Waals surface area contributed by atoms with E-state index in [1.54, 1.807) is 36.4 Å². The van der Waals surface area contributed by atoms with Crippen LogP contribution in [0.3, 0.4) is 0 Å². The van der Waals surface area contributed by atoms with E-state index in [2.05, 4.69) is 16.0 Å². The molecule has 1 aliphatic rings. The number of aromatic nitrogens is 4. The van der Waals surface area contributed by atoms with Crippen molar-refractivity contribution in [1.29, 1.82) is 5.26 Å². The molecule has 6 rings (SSSR count). The molecule has 5 aromatic rings. The van der Waals surface area contributed by atoms with E-state index in [0.717, 1.165) is 25.0 Å². The number of nitriles is 1. The molecular weight excluding hydrogens is 616 g/mol. The number of hydrogen-bond acceptors (Lipinski definition) is 8. The fraction of sp³-hybridized carbons (Fsp3) is 0.265. The minimum atomic E-state index is -0.681. The number of imidazole rings is 1. The first-order valence-corrected chi connectivity index (χ1v) is 14.8. The molecule has 12 heteroatoms. The minimum Gasteiger partial charge on any atom is -0.496 e. The zero-order valence-electron chi connectivity index (χ0n) is 25.0. The van der Waals surface area contributed by atoms with Gasteiger partial charge in [-0.1, -0.05) is 17.7 Å². The highest BCUT2D eigenvalue weighted by molar-refractivity contribution is 6.30. The molecule has 0 amide bonds. The minimum absolute atomic E-state index is 0.0189. The fourth-order valence-corrected chi connectivity index (χ4v) is 5.59. The van der Waals surface area contributed by atoms with Crippen molar-refractivity contribution < 1.29 is 27.8 Å². The maximum absolute atomic E-state index is 15.7. The number of nitrogens with zero attached hydrogens (tertiary/aromatic N) is 5. The molecule has 3 aromatic carbocycles.